The van der Waals surface area contributed by atoms with Gasteiger partial charge in [0.1, 0.15) is 16.6 Å². The Kier molecular flexibility index (Phi) is 4.85. The van der Waals surface area contributed by atoms with Crippen LogP contribution in [0, 0.1) is 0 Å². The highest BCUT2D eigenvalue weighted by molar-refractivity contribution is 7.17. The molecular weight excluding hydrogens is 340 g/mol. The van der Waals surface area contributed by atoms with Gasteiger partial charge in [0.05, 0.1) is 18.3 Å². The molecule has 0 aliphatic rings. The first-order chi connectivity index (χ1) is 12.1. The zero-order valence-corrected chi connectivity index (χ0v) is 14.7. The average molecular weight is 358 g/mol. The van der Waals surface area contributed by atoms with Crippen molar-refractivity contribution in [3.8, 4) is 16.9 Å². The van der Waals surface area contributed by atoms with Crippen molar-refractivity contribution in [2.75, 3.05) is 6.61 Å². The number of carbonyl (C=O) groups is 1. The van der Waals surface area contributed by atoms with Gasteiger partial charge in [-0.2, -0.15) is 0 Å². The first kappa shape index (κ1) is 17.2. The third-order valence-corrected chi connectivity index (χ3v) is 4.89. The van der Waals surface area contributed by atoms with Gasteiger partial charge in [-0.15, -0.1) is 11.3 Å². The van der Waals surface area contributed by atoms with Crippen LogP contribution in [0.1, 0.15) is 26.3 Å². The van der Waals surface area contributed by atoms with E-state index in [1.807, 2.05) is 36.6 Å². The SMILES string of the molecule is CCOc1ccc(-c2csc3ncn(C(CC)C(=O)O)c(=O)c23)cc1. The van der Waals surface area contributed by atoms with E-state index in [0.717, 1.165) is 16.9 Å². The van der Waals surface area contributed by atoms with E-state index in [0.29, 0.717) is 23.2 Å². The lowest BCUT2D eigenvalue weighted by molar-refractivity contribution is -0.141. The Morgan fingerprint density at radius 3 is 2.64 bits per heavy atom. The lowest BCUT2D eigenvalue weighted by atomic mass is 10.1. The summed E-state index contributed by atoms with van der Waals surface area (Å²) in [6, 6.07) is 6.56. The molecule has 0 aliphatic carbocycles. The second kappa shape index (κ2) is 7.06. The molecule has 0 amide bonds. The lowest BCUT2D eigenvalue weighted by Crippen LogP contribution is -2.29. The fourth-order valence-corrected chi connectivity index (χ4v) is 3.67. The number of carboxylic acids is 1. The minimum atomic E-state index is -1.04. The number of fused-ring (bicyclic) bond motifs is 1. The molecule has 1 unspecified atom stereocenters. The number of hydrogen-bond acceptors (Lipinski definition) is 5. The van der Waals surface area contributed by atoms with E-state index in [-0.39, 0.29) is 5.56 Å². The van der Waals surface area contributed by atoms with Crippen LogP contribution in [-0.4, -0.2) is 27.2 Å². The number of benzene rings is 1. The molecule has 3 rings (SSSR count). The molecule has 0 aliphatic heterocycles. The van der Waals surface area contributed by atoms with Crippen LogP contribution in [0.25, 0.3) is 21.3 Å². The minimum Gasteiger partial charge on any atom is -0.494 e. The van der Waals surface area contributed by atoms with Crippen LogP contribution >= 0.6 is 11.3 Å². The van der Waals surface area contributed by atoms with Gasteiger partial charge in [-0.25, -0.2) is 9.78 Å². The van der Waals surface area contributed by atoms with Gasteiger partial charge < -0.3 is 9.84 Å². The predicted octanol–water partition coefficient (Wildman–Crippen LogP) is 3.56. The number of carboxylic acid groups (broad SMARTS) is 1. The van der Waals surface area contributed by atoms with Crippen molar-refractivity contribution in [1.29, 1.82) is 0 Å². The van der Waals surface area contributed by atoms with Gasteiger partial charge in [0.2, 0.25) is 0 Å². The van der Waals surface area contributed by atoms with Crippen molar-refractivity contribution in [2.45, 2.75) is 26.3 Å². The van der Waals surface area contributed by atoms with Crippen LogP contribution in [-0.2, 0) is 4.79 Å². The number of hydrogen-bond donors (Lipinski definition) is 1. The minimum absolute atomic E-state index is 0.310. The summed E-state index contributed by atoms with van der Waals surface area (Å²) in [5.74, 6) is -0.276. The molecule has 1 aromatic carbocycles. The number of aromatic nitrogens is 2. The van der Waals surface area contributed by atoms with Crippen molar-refractivity contribution in [2.24, 2.45) is 0 Å². The van der Waals surface area contributed by atoms with Crippen molar-refractivity contribution in [1.82, 2.24) is 9.55 Å². The van der Waals surface area contributed by atoms with E-state index in [1.54, 1.807) is 6.92 Å². The van der Waals surface area contributed by atoms with Crippen molar-refractivity contribution >= 4 is 27.5 Å². The molecule has 0 spiro atoms. The zero-order chi connectivity index (χ0) is 18.0. The van der Waals surface area contributed by atoms with E-state index in [9.17, 15) is 14.7 Å². The Labute approximate surface area is 148 Å². The molecule has 0 bridgehead atoms. The van der Waals surface area contributed by atoms with E-state index < -0.39 is 12.0 Å². The Morgan fingerprint density at radius 1 is 1.32 bits per heavy atom. The zero-order valence-electron chi connectivity index (χ0n) is 13.9. The largest absolute Gasteiger partial charge is 0.494 e. The summed E-state index contributed by atoms with van der Waals surface area (Å²) >= 11 is 1.37. The van der Waals surface area contributed by atoms with Gasteiger partial charge >= 0.3 is 5.97 Å². The average Bonchev–Trinajstić information content (AvgIpc) is 3.03. The van der Waals surface area contributed by atoms with Crippen molar-refractivity contribution < 1.29 is 14.6 Å². The molecule has 3 aromatic rings. The van der Waals surface area contributed by atoms with Crippen LogP contribution in [0.3, 0.4) is 0 Å². The third-order valence-electron chi connectivity index (χ3n) is 4.00. The van der Waals surface area contributed by atoms with Gasteiger partial charge in [0.25, 0.3) is 5.56 Å². The second-order valence-electron chi connectivity index (χ2n) is 5.51. The van der Waals surface area contributed by atoms with Gasteiger partial charge in [0, 0.05) is 10.9 Å². The molecule has 1 atom stereocenters. The standard InChI is InChI=1S/C18H18N2O4S/c1-3-14(18(22)23)20-10-19-16-15(17(20)21)13(9-25-16)11-5-7-12(8-6-11)24-4-2/h5-10,14H,3-4H2,1-2H3,(H,22,23). The number of aliphatic carboxylic acids is 1. The molecule has 0 saturated carbocycles. The maximum Gasteiger partial charge on any atom is 0.326 e. The molecule has 2 aromatic heterocycles. The number of thiophene rings is 1. The van der Waals surface area contributed by atoms with Gasteiger partial charge in [0.15, 0.2) is 0 Å². The predicted molar refractivity (Wildman–Crippen MR) is 97.4 cm³/mol. The fourth-order valence-electron chi connectivity index (χ4n) is 2.77. The number of rotatable bonds is 6. The molecule has 0 saturated heterocycles. The molecule has 0 fully saturated rings. The first-order valence-corrected chi connectivity index (χ1v) is 8.89. The fraction of sp³-hybridized carbons (Fsp3) is 0.278. The number of nitrogens with zero attached hydrogens (tertiary/aromatic N) is 2. The quantitative estimate of drug-likeness (QED) is 0.729. The van der Waals surface area contributed by atoms with Crippen LogP contribution in [0.2, 0.25) is 0 Å². The van der Waals surface area contributed by atoms with E-state index in [1.165, 1.54) is 22.2 Å². The molecule has 130 valence electrons. The van der Waals surface area contributed by atoms with Gasteiger partial charge in [-0.1, -0.05) is 19.1 Å². The Balaban J connectivity index is 2.14. The molecule has 0 radical (unpaired) electrons. The summed E-state index contributed by atoms with van der Waals surface area (Å²) in [5.41, 5.74) is 1.30. The molecule has 1 N–H and O–H groups in total. The second-order valence-corrected chi connectivity index (χ2v) is 6.36. The summed E-state index contributed by atoms with van der Waals surface area (Å²) in [6.45, 7) is 4.24. The van der Waals surface area contributed by atoms with Crippen LogP contribution in [0.5, 0.6) is 5.75 Å². The molecule has 7 heteroatoms. The van der Waals surface area contributed by atoms with Gasteiger partial charge in [-0.05, 0) is 31.0 Å². The summed E-state index contributed by atoms with van der Waals surface area (Å²) in [6.07, 6.45) is 1.64. The lowest BCUT2D eigenvalue weighted by Gasteiger charge is -2.13. The van der Waals surface area contributed by atoms with E-state index in [2.05, 4.69) is 4.98 Å². The van der Waals surface area contributed by atoms with Crippen LogP contribution < -0.4 is 10.3 Å². The smallest absolute Gasteiger partial charge is 0.326 e. The Hall–Kier alpha value is -2.67. The highest BCUT2D eigenvalue weighted by atomic mass is 32.1. The van der Waals surface area contributed by atoms with E-state index in [4.69, 9.17) is 4.74 Å². The maximum atomic E-state index is 12.9. The highest BCUT2D eigenvalue weighted by Gasteiger charge is 2.21. The highest BCUT2D eigenvalue weighted by Crippen LogP contribution is 2.32. The first-order valence-electron chi connectivity index (χ1n) is 8.01. The van der Waals surface area contributed by atoms with Gasteiger partial charge in [-0.3, -0.25) is 9.36 Å². The molecule has 25 heavy (non-hydrogen) atoms. The summed E-state index contributed by atoms with van der Waals surface area (Å²) < 4.78 is 6.64. The maximum absolute atomic E-state index is 12.9. The monoisotopic (exact) mass is 358 g/mol. The Morgan fingerprint density at radius 2 is 2.04 bits per heavy atom. The third kappa shape index (κ3) is 3.15. The molecule has 6 nitrogen and oxygen atoms in total. The summed E-state index contributed by atoms with van der Waals surface area (Å²) in [7, 11) is 0. The Bertz CT molecular complexity index is 959. The summed E-state index contributed by atoms with van der Waals surface area (Å²) in [4.78, 5) is 29.2. The molecular formula is C18H18N2O4S. The van der Waals surface area contributed by atoms with E-state index >= 15 is 0 Å². The summed E-state index contributed by atoms with van der Waals surface area (Å²) in [5, 5.41) is 11.7. The topological polar surface area (TPSA) is 81.4 Å². The molecule has 2 heterocycles. The van der Waals surface area contributed by atoms with Crippen LogP contribution in [0.4, 0.5) is 0 Å². The van der Waals surface area contributed by atoms with Crippen molar-refractivity contribution in [3.05, 3.63) is 46.3 Å². The van der Waals surface area contributed by atoms with Crippen LogP contribution in [0.15, 0.2) is 40.8 Å². The normalized spacial score (nSPS) is 12.2. The van der Waals surface area contributed by atoms with Crippen molar-refractivity contribution in [3.63, 3.8) is 0 Å². The number of ether oxygens (including phenoxy) is 1.